The lowest BCUT2D eigenvalue weighted by Crippen LogP contribution is -2.40. The highest BCUT2D eigenvalue weighted by Crippen LogP contribution is 2.34. The molecule has 0 radical (unpaired) electrons. The van der Waals surface area contributed by atoms with Gasteiger partial charge in [-0.05, 0) is 67.9 Å². The number of amides is 1. The summed E-state index contributed by atoms with van der Waals surface area (Å²) in [7, 11) is 1.67. The van der Waals surface area contributed by atoms with E-state index in [4.69, 9.17) is 4.74 Å². The maximum absolute atomic E-state index is 13.0. The van der Waals surface area contributed by atoms with Crippen molar-refractivity contribution in [2.24, 2.45) is 5.92 Å². The van der Waals surface area contributed by atoms with E-state index in [0.29, 0.717) is 5.92 Å². The molecule has 1 aromatic heterocycles. The molecule has 138 valence electrons. The van der Waals surface area contributed by atoms with Crippen molar-refractivity contribution in [3.8, 4) is 5.75 Å². The number of carbonyl (C=O) groups is 1. The fraction of sp³-hybridized carbons (Fsp3) is 0.526. The molecule has 1 amide bonds. The number of thiophene rings is 1. The number of ether oxygens (including phenoxy) is 1. The van der Waals surface area contributed by atoms with Crippen molar-refractivity contribution in [2.75, 3.05) is 33.3 Å². The Hall–Kier alpha value is -1.30. The van der Waals surface area contributed by atoms with Crippen molar-refractivity contribution in [3.05, 3.63) is 28.6 Å². The maximum atomic E-state index is 13.0. The summed E-state index contributed by atoms with van der Waals surface area (Å²) in [6.07, 6.45) is 2.19. The molecule has 1 fully saturated rings. The monoisotopic (exact) mass is 382 g/mol. The zero-order valence-corrected chi connectivity index (χ0v) is 16.8. The van der Waals surface area contributed by atoms with Crippen molar-refractivity contribution >= 4 is 39.7 Å². The number of nitrogens with zero attached hydrogens (tertiary/aromatic N) is 1. The van der Waals surface area contributed by atoms with Crippen molar-refractivity contribution < 1.29 is 9.53 Å². The van der Waals surface area contributed by atoms with Gasteiger partial charge in [0.2, 0.25) is 0 Å². The van der Waals surface area contributed by atoms with Gasteiger partial charge in [-0.3, -0.25) is 4.79 Å². The number of fused-ring (bicyclic) bond motifs is 1. The first kappa shape index (κ1) is 20.0. The molecule has 0 unspecified atom stereocenters. The van der Waals surface area contributed by atoms with Gasteiger partial charge in [-0.2, -0.15) is 0 Å². The van der Waals surface area contributed by atoms with Gasteiger partial charge in [0.25, 0.3) is 5.91 Å². The Morgan fingerprint density at radius 3 is 2.72 bits per heavy atom. The fourth-order valence-corrected chi connectivity index (χ4v) is 4.52. The number of carbonyl (C=O) groups excluding carboxylic acids is 1. The van der Waals surface area contributed by atoms with Gasteiger partial charge in [0.15, 0.2) is 0 Å². The van der Waals surface area contributed by atoms with Crippen LogP contribution in [-0.4, -0.2) is 44.1 Å². The van der Waals surface area contributed by atoms with Crippen LogP contribution in [0.2, 0.25) is 0 Å². The summed E-state index contributed by atoms with van der Waals surface area (Å²) in [6.45, 7) is 8.00. The van der Waals surface area contributed by atoms with Crippen molar-refractivity contribution in [2.45, 2.75) is 26.7 Å². The van der Waals surface area contributed by atoms with Gasteiger partial charge in [-0.1, -0.05) is 6.92 Å². The molecule has 1 N–H and O–H groups in total. The Morgan fingerprint density at radius 2 is 2.08 bits per heavy atom. The first-order valence-electron chi connectivity index (χ1n) is 8.71. The van der Waals surface area contributed by atoms with Gasteiger partial charge >= 0.3 is 0 Å². The molecule has 4 nitrogen and oxygen atoms in total. The van der Waals surface area contributed by atoms with Crippen LogP contribution in [0.4, 0.5) is 0 Å². The third kappa shape index (κ3) is 4.27. The lowest BCUT2D eigenvalue weighted by molar-refractivity contribution is 0.0694. The average Bonchev–Trinajstić information content (AvgIpc) is 2.96. The highest BCUT2D eigenvalue weighted by Gasteiger charge is 2.26. The molecule has 6 heteroatoms. The number of benzene rings is 1. The van der Waals surface area contributed by atoms with Crippen LogP contribution in [-0.2, 0) is 0 Å². The van der Waals surface area contributed by atoms with Crippen LogP contribution in [0.15, 0.2) is 18.2 Å². The zero-order valence-electron chi connectivity index (χ0n) is 15.1. The van der Waals surface area contributed by atoms with Gasteiger partial charge < -0.3 is 15.0 Å². The summed E-state index contributed by atoms with van der Waals surface area (Å²) in [5.74, 6) is 1.72. The Morgan fingerprint density at radius 1 is 1.36 bits per heavy atom. The lowest BCUT2D eigenvalue weighted by atomic mass is 9.96. The van der Waals surface area contributed by atoms with Crippen LogP contribution in [0.1, 0.15) is 35.0 Å². The fourth-order valence-electron chi connectivity index (χ4n) is 3.36. The highest BCUT2D eigenvalue weighted by molar-refractivity contribution is 7.21. The second-order valence-corrected chi connectivity index (χ2v) is 7.51. The molecule has 0 aliphatic carbocycles. The Balaban J connectivity index is 0.00000225. The molecular weight excluding hydrogens is 356 g/mol. The summed E-state index contributed by atoms with van der Waals surface area (Å²) >= 11 is 1.60. The van der Waals surface area contributed by atoms with Gasteiger partial charge in [-0.15, -0.1) is 23.7 Å². The van der Waals surface area contributed by atoms with E-state index >= 15 is 0 Å². The molecular formula is C19H27ClN2O2S. The average molecular weight is 383 g/mol. The zero-order chi connectivity index (χ0) is 17.1. The van der Waals surface area contributed by atoms with Crippen LogP contribution >= 0.6 is 23.7 Å². The second-order valence-electron chi connectivity index (χ2n) is 6.46. The predicted molar refractivity (Wildman–Crippen MR) is 108 cm³/mol. The Labute approximate surface area is 159 Å². The van der Waals surface area contributed by atoms with E-state index in [1.54, 1.807) is 18.4 Å². The number of hydrogen-bond acceptors (Lipinski definition) is 4. The number of halogens is 1. The molecule has 0 bridgehead atoms. The molecule has 1 aromatic carbocycles. The number of hydrogen-bond donors (Lipinski definition) is 1. The third-order valence-electron chi connectivity index (χ3n) is 4.92. The first-order valence-corrected chi connectivity index (χ1v) is 9.52. The normalized spacial score (nSPS) is 15.2. The van der Waals surface area contributed by atoms with E-state index in [9.17, 15) is 4.79 Å². The molecule has 0 spiro atoms. The topological polar surface area (TPSA) is 41.6 Å². The Kier molecular flexibility index (Phi) is 7.11. The minimum Gasteiger partial charge on any atom is -0.497 e. The molecule has 1 saturated heterocycles. The standard InChI is InChI=1S/C19H26N2O2S.ClH/c1-4-20-12-14-7-9-21(10-8-14)19(22)18-13(2)16-11-15(23-3)5-6-17(16)24-18;/h5-6,11,14,20H,4,7-10,12H2,1-3H3;1H. The molecule has 0 saturated carbocycles. The van der Waals surface area contributed by atoms with E-state index in [2.05, 4.69) is 12.2 Å². The largest absolute Gasteiger partial charge is 0.497 e. The van der Waals surface area contributed by atoms with Gasteiger partial charge in [0.05, 0.1) is 12.0 Å². The van der Waals surface area contributed by atoms with E-state index in [0.717, 1.165) is 65.3 Å². The number of piperidine rings is 1. The quantitative estimate of drug-likeness (QED) is 0.846. The molecule has 1 aliphatic heterocycles. The second kappa shape index (κ2) is 8.88. The molecule has 25 heavy (non-hydrogen) atoms. The van der Waals surface area contributed by atoms with Crippen LogP contribution in [0.5, 0.6) is 5.75 Å². The molecule has 1 aliphatic rings. The predicted octanol–water partition coefficient (Wildman–Crippen LogP) is 4.10. The number of aryl methyl sites for hydroxylation is 1. The summed E-state index contributed by atoms with van der Waals surface area (Å²) in [6, 6.07) is 6.03. The highest BCUT2D eigenvalue weighted by atomic mass is 35.5. The van der Waals surface area contributed by atoms with Crippen LogP contribution in [0.3, 0.4) is 0 Å². The van der Waals surface area contributed by atoms with Gasteiger partial charge in [0.1, 0.15) is 5.75 Å². The molecule has 2 heterocycles. The number of nitrogens with one attached hydrogen (secondary N) is 1. The molecule has 3 rings (SSSR count). The number of likely N-dealkylation sites (tertiary alicyclic amines) is 1. The van der Waals surface area contributed by atoms with Gasteiger partial charge in [0, 0.05) is 17.8 Å². The molecule has 2 aromatic rings. The van der Waals surface area contributed by atoms with Gasteiger partial charge in [-0.25, -0.2) is 0 Å². The summed E-state index contributed by atoms with van der Waals surface area (Å²) in [5.41, 5.74) is 1.08. The first-order chi connectivity index (χ1) is 11.6. The SMILES string of the molecule is CCNCC1CCN(C(=O)c2sc3ccc(OC)cc3c2C)CC1.Cl. The van der Waals surface area contributed by atoms with Crippen LogP contribution in [0.25, 0.3) is 10.1 Å². The van der Waals surface area contributed by atoms with Crippen molar-refractivity contribution in [1.29, 1.82) is 0 Å². The minimum absolute atomic E-state index is 0. The minimum atomic E-state index is 0. The number of methoxy groups -OCH3 is 1. The Bertz CT molecular complexity index is 724. The van der Waals surface area contributed by atoms with Crippen LogP contribution in [0, 0.1) is 12.8 Å². The van der Waals surface area contributed by atoms with Crippen molar-refractivity contribution in [3.63, 3.8) is 0 Å². The van der Waals surface area contributed by atoms with Crippen molar-refractivity contribution in [1.82, 2.24) is 10.2 Å². The summed E-state index contributed by atoms with van der Waals surface area (Å²) in [4.78, 5) is 15.9. The third-order valence-corrected chi connectivity index (χ3v) is 6.18. The molecule has 0 atom stereocenters. The summed E-state index contributed by atoms with van der Waals surface area (Å²) in [5, 5.41) is 4.55. The smallest absolute Gasteiger partial charge is 0.264 e. The maximum Gasteiger partial charge on any atom is 0.264 e. The van der Waals surface area contributed by atoms with E-state index in [-0.39, 0.29) is 18.3 Å². The number of rotatable bonds is 5. The van der Waals surface area contributed by atoms with E-state index < -0.39 is 0 Å². The lowest BCUT2D eigenvalue weighted by Gasteiger charge is -2.32. The van der Waals surface area contributed by atoms with E-state index in [1.807, 2.05) is 30.0 Å². The van der Waals surface area contributed by atoms with E-state index in [1.165, 1.54) is 0 Å². The van der Waals surface area contributed by atoms with Crippen LogP contribution < -0.4 is 10.1 Å². The summed E-state index contributed by atoms with van der Waals surface area (Å²) < 4.78 is 6.46.